The fourth-order valence-corrected chi connectivity index (χ4v) is 4.20. The Labute approximate surface area is 187 Å². The van der Waals surface area contributed by atoms with E-state index >= 15 is 0 Å². The summed E-state index contributed by atoms with van der Waals surface area (Å²) < 4.78 is 5.79. The number of benzene rings is 2. The number of ether oxygens (including phenoxy) is 1. The zero-order valence-corrected chi connectivity index (χ0v) is 19.8. The van der Waals surface area contributed by atoms with E-state index in [1.807, 2.05) is 19.1 Å². The van der Waals surface area contributed by atoms with E-state index in [0.29, 0.717) is 6.61 Å². The monoisotopic (exact) mass is 417 g/mol. The molecule has 164 valence electrons. The van der Waals surface area contributed by atoms with Crippen LogP contribution in [0.15, 0.2) is 42.5 Å². The van der Waals surface area contributed by atoms with Gasteiger partial charge >= 0.3 is 0 Å². The van der Waals surface area contributed by atoms with Gasteiger partial charge in [0.25, 0.3) is 0 Å². The van der Waals surface area contributed by atoms with Gasteiger partial charge in [0.05, 0.1) is 23.7 Å². The van der Waals surface area contributed by atoms with E-state index < -0.39 is 0 Å². The van der Waals surface area contributed by atoms with Crippen molar-refractivity contribution >= 4 is 5.69 Å². The largest absolute Gasteiger partial charge is 0.494 e. The first kappa shape index (κ1) is 22.8. The maximum atomic E-state index is 5.79. The maximum Gasteiger partial charge on any atom is 0.160 e. The minimum atomic E-state index is 0.643. The molecule has 1 aromatic heterocycles. The fourth-order valence-electron chi connectivity index (χ4n) is 4.20. The van der Waals surface area contributed by atoms with Gasteiger partial charge in [-0.3, -0.25) is 0 Å². The van der Waals surface area contributed by atoms with E-state index in [1.54, 1.807) is 0 Å². The Bertz CT molecular complexity index is 1000. The summed E-state index contributed by atoms with van der Waals surface area (Å²) in [6.07, 6.45) is 2.16. The van der Waals surface area contributed by atoms with Crippen molar-refractivity contribution < 1.29 is 4.74 Å². The minimum Gasteiger partial charge on any atom is -0.494 e. The van der Waals surface area contributed by atoms with Gasteiger partial charge in [-0.25, -0.2) is 9.97 Å². The molecule has 4 heteroatoms. The molecule has 0 radical (unpaired) electrons. The molecule has 0 unspecified atom stereocenters. The molecule has 0 fully saturated rings. The van der Waals surface area contributed by atoms with E-state index in [4.69, 9.17) is 14.7 Å². The van der Waals surface area contributed by atoms with Gasteiger partial charge in [-0.15, -0.1) is 0 Å². The van der Waals surface area contributed by atoms with Crippen LogP contribution in [0.3, 0.4) is 0 Å². The lowest BCUT2D eigenvalue weighted by Crippen LogP contribution is -2.27. The van der Waals surface area contributed by atoms with Gasteiger partial charge in [-0.1, -0.05) is 44.2 Å². The summed E-state index contributed by atoms with van der Waals surface area (Å²) in [6, 6.07) is 14.6. The summed E-state index contributed by atoms with van der Waals surface area (Å²) in [6.45, 7) is 15.4. The SMILES string of the molecule is CCCN(CCC)c1c(C)nc(-c2c(C)cccc2C)nc1-c1cccc(OCC)c1. The second-order valence-electron chi connectivity index (χ2n) is 8.04. The molecular weight excluding hydrogens is 382 g/mol. The molecule has 0 aliphatic heterocycles. The molecule has 3 aromatic rings. The Balaban J connectivity index is 2.27. The molecule has 0 spiro atoms. The molecule has 0 N–H and O–H groups in total. The van der Waals surface area contributed by atoms with Crippen molar-refractivity contribution in [3.05, 3.63) is 59.3 Å². The van der Waals surface area contributed by atoms with Crippen LogP contribution in [-0.4, -0.2) is 29.7 Å². The smallest absolute Gasteiger partial charge is 0.160 e. The van der Waals surface area contributed by atoms with Gasteiger partial charge < -0.3 is 9.64 Å². The molecule has 31 heavy (non-hydrogen) atoms. The number of nitrogens with zero attached hydrogens (tertiary/aromatic N) is 3. The van der Waals surface area contributed by atoms with Crippen LogP contribution in [0.2, 0.25) is 0 Å². The zero-order valence-electron chi connectivity index (χ0n) is 19.8. The number of anilines is 1. The van der Waals surface area contributed by atoms with Crippen LogP contribution in [-0.2, 0) is 0 Å². The third-order valence-corrected chi connectivity index (χ3v) is 5.48. The molecule has 0 saturated carbocycles. The second-order valence-corrected chi connectivity index (χ2v) is 8.04. The van der Waals surface area contributed by atoms with Crippen LogP contribution < -0.4 is 9.64 Å². The Morgan fingerprint density at radius 1 is 0.839 bits per heavy atom. The summed E-state index contributed by atoms with van der Waals surface area (Å²) in [7, 11) is 0. The molecule has 0 atom stereocenters. The van der Waals surface area contributed by atoms with Crippen LogP contribution in [0.1, 0.15) is 50.4 Å². The highest BCUT2D eigenvalue weighted by atomic mass is 16.5. The van der Waals surface area contributed by atoms with Crippen LogP contribution in [0.25, 0.3) is 22.6 Å². The first-order valence-electron chi connectivity index (χ1n) is 11.4. The highest BCUT2D eigenvalue weighted by Gasteiger charge is 2.21. The lowest BCUT2D eigenvalue weighted by atomic mass is 10.0. The van der Waals surface area contributed by atoms with E-state index in [9.17, 15) is 0 Å². The lowest BCUT2D eigenvalue weighted by molar-refractivity contribution is 0.340. The summed E-state index contributed by atoms with van der Waals surface area (Å²) in [5.41, 5.74) is 7.71. The molecule has 1 heterocycles. The third-order valence-electron chi connectivity index (χ3n) is 5.48. The van der Waals surface area contributed by atoms with Crippen molar-refractivity contribution in [3.63, 3.8) is 0 Å². The molecule has 4 nitrogen and oxygen atoms in total. The molecular formula is C27H35N3O. The van der Waals surface area contributed by atoms with Gasteiger partial charge in [0, 0.05) is 24.2 Å². The van der Waals surface area contributed by atoms with Crippen molar-refractivity contribution in [1.29, 1.82) is 0 Å². The van der Waals surface area contributed by atoms with Gasteiger partial charge in [-0.05, 0) is 63.8 Å². The van der Waals surface area contributed by atoms with E-state index in [0.717, 1.165) is 65.7 Å². The van der Waals surface area contributed by atoms with Crippen molar-refractivity contribution in [2.75, 3.05) is 24.6 Å². The quantitative estimate of drug-likeness (QED) is 0.385. The van der Waals surface area contributed by atoms with E-state index in [1.165, 1.54) is 11.1 Å². The van der Waals surface area contributed by atoms with Gasteiger partial charge in [-0.2, -0.15) is 0 Å². The maximum absolute atomic E-state index is 5.79. The van der Waals surface area contributed by atoms with Crippen molar-refractivity contribution in [2.24, 2.45) is 0 Å². The Morgan fingerprint density at radius 3 is 2.10 bits per heavy atom. The average Bonchev–Trinajstić information content (AvgIpc) is 2.74. The molecule has 0 aliphatic carbocycles. The molecule has 0 bridgehead atoms. The average molecular weight is 418 g/mol. The topological polar surface area (TPSA) is 38.2 Å². The summed E-state index contributed by atoms with van der Waals surface area (Å²) in [5.74, 6) is 1.66. The van der Waals surface area contributed by atoms with Crippen molar-refractivity contribution in [1.82, 2.24) is 9.97 Å². The minimum absolute atomic E-state index is 0.643. The number of hydrogen-bond acceptors (Lipinski definition) is 4. The highest BCUT2D eigenvalue weighted by molar-refractivity contribution is 5.80. The van der Waals surface area contributed by atoms with Gasteiger partial charge in [0.15, 0.2) is 5.82 Å². The number of aromatic nitrogens is 2. The Hall–Kier alpha value is -2.88. The van der Waals surface area contributed by atoms with Gasteiger partial charge in [0.1, 0.15) is 5.75 Å². The van der Waals surface area contributed by atoms with Crippen molar-refractivity contribution in [2.45, 2.75) is 54.4 Å². The first-order chi connectivity index (χ1) is 15.0. The number of rotatable bonds is 9. The van der Waals surface area contributed by atoms with Gasteiger partial charge in [0.2, 0.25) is 0 Å². The number of hydrogen-bond donors (Lipinski definition) is 0. The van der Waals surface area contributed by atoms with Crippen LogP contribution in [0.5, 0.6) is 5.75 Å². The highest BCUT2D eigenvalue weighted by Crippen LogP contribution is 2.36. The normalized spacial score (nSPS) is 10.9. The third kappa shape index (κ3) is 5.07. The number of aryl methyl sites for hydroxylation is 3. The first-order valence-corrected chi connectivity index (χ1v) is 11.4. The Morgan fingerprint density at radius 2 is 1.48 bits per heavy atom. The summed E-state index contributed by atoms with van der Waals surface area (Å²) in [5, 5.41) is 0. The van der Waals surface area contributed by atoms with Crippen LogP contribution in [0.4, 0.5) is 5.69 Å². The van der Waals surface area contributed by atoms with E-state index in [2.05, 4.69) is 69.9 Å². The van der Waals surface area contributed by atoms with Crippen LogP contribution >= 0.6 is 0 Å². The molecule has 2 aromatic carbocycles. The van der Waals surface area contributed by atoms with E-state index in [-0.39, 0.29) is 0 Å². The predicted molar refractivity (Wildman–Crippen MR) is 131 cm³/mol. The standard InChI is InChI=1S/C27H35N3O/c1-7-16-30(17-8-2)26-21(6)28-27(24-19(4)12-10-13-20(24)5)29-25(26)22-14-11-15-23(18-22)31-9-3/h10-15,18H,7-9,16-17H2,1-6H3. The summed E-state index contributed by atoms with van der Waals surface area (Å²) >= 11 is 0. The van der Waals surface area contributed by atoms with Crippen molar-refractivity contribution in [3.8, 4) is 28.4 Å². The molecule has 0 aliphatic rings. The van der Waals surface area contributed by atoms with Crippen LogP contribution in [0, 0.1) is 20.8 Å². The predicted octanol–water partition coefficient (Wildman–Crippen LogP) is 6.76. The lowest BCUT2D eigenvalue weighted by Gasteiger charge is -2.28. The molecule has 3 rings (SSSR count). The second kappa shape index (κ2) is 10.4. The molecule has 0 saturated heterocycles. The fraction of sp³-hybridized carbons (Fsp3) is 0.407. The molecule has 0 amide bonds. The Kier molecular flexibility index (Phi) is 7.67. The zero-order chi connectivity index (χ0) is 22.4. The summed E-state index contributed by atoms with van der Waals surface area (Å²) in [4.78, 5) is 12.6.